The van der Waals surface area contributed by atoms with Gasteiger partial charge in [0.2, 0.25) is 5.91 Å². The summed E-state index contributed by atoms with van der Waals surface area (Å²) in [6.45, 7) is 9.28. The van der Waals surface area contributed by atoms with E-state index in [9.17, 15) is 9.59 Å². The Morgan fingerprint density at radius 2 is 2.23 bits per heavy atom. The second-order valence-electron chi connectivity index (χ2n) is 6.93. The van der Waals surface area contributed by atoms with Gasteiger partial charge in [0.1, 0.15) is 5.60 Å². The first-order valence-corrected chi connectivity index (χ1v) is 8.21. The van der Waals surface area contributed by atoms with E-state index in [1.807, 2.05) is 20.8 Å². The minimum absolute atomic E-state index is 0.101. The predicted molar refractivity (Wildman–Crippen MR) is 87.6 cm³/mol. The molecule has 1 aliphatic heterocycles. The normalized spacial score (nSPS) is 20.5. The summed E-state index contributed by atoms with van der Waals surface area (Å²) < 4.78 is 5.24. The van der Waals surface area contributed by atoms with Crippen LogP contribution in [-0.4, -0.2) is 29.7 Å². The van der Waals surface area contributed by atoms with Gasteiger partial charge in [0, 0.05) is 12.5 Å². The van der Waals surface area contributed by atoms with Crippen LogP contribution in [0.1, 0.15) is 65.7 Å². The average molecular weight is 310 g/mol. The van der Waals surface area contributed by atoms with Crippen molar-refractivity contribution in [1.82, 2.24) is 10.6 Å². The quantitative estimate of drug-likeness (QED) is 0.740. The molecule has 0 bridgehead atoms. The predicted octanol–water partition coefficient (Wildman–Crippen LogP) is 3.29. The van der Waals surface area contributed by atoms with Crippen LogP contribution in [0.4, 0.5) is 4.79 Å². The van der Waals surface area contributed by atoms with Gasteiger partial charge >= 0.3 is 6.09 Å². The second-order valence-corrected chi connectivity index (χ2v) is 6.93. The zero-order chi connectivity index (χ0) is 16.6. The Balaban J connectivity index is 2.29. The lowest BCUT2D eigenvalue weighted by atomic mass is 10.0. The first-order chi connectivity index (χ1) is 10.3. The number of carbonyl (C=O) groups excluding carboxylic acids is 2. The summed E-state index contributed by atoms with van der Waals surface area (Å²) in [6.07, 6.45) is 7.76. The Hall–Kier alpha value is -1.52. The highest BCUT2D eigenvalue weighted by molar-refractivity contribution is 5.76. The van der Waals surface area contributed by atoms with E-state index in [0.717, 1.165) is 38.5 Å². The first kappa shape index (κ1) is 18.5. The summed E-state index contributed by atoms with van der Waals surface area (Å²) in [5.74, 6) is 0.162. The van der Waals surface area contributed by atoms with Crippen molar-refractivity contribution in [2.45, 2.75) is 83.4 Å². The lowest BCUT2D eigenvalue weighted by Crippen LogP contribution is -2.38. The van der Waals surface area contributed by atoms with Crippen LogP contribution in [0.3, 0.4) is 0 Å². The van der Waals surface area contributed by atoms with Crippen molar-refractivity contribution in [3.05, 3.63) is 12.7 Å². The van der Waals surface area contributed by atoms with Crippen molar-refractivity contribution in [1.29, 1.82) is 0 Å². The van der Waals surface area contributed by atoms with Crippen LogP contribution in [0, 0.1) is 0 Å². The Morgan fingerprint density at radius 3 is 2.86 bits per heavy atom. The topological polar surface area (TPSA) is 67.4 Å². The number of carbonyl (C=O) groups is 2. The van der Waals surface area contributed by atoms with E-state index in [2.05, 4.69) is 17.2 Å². The third-order valence-corrected chi connectivity index (χ3v) is 3.63. The summed E-state index contributed by atoms with van der Waals surface area (Å²) in [4.78, 5) is 23.3. The molecule has 0 aromatic heterocycles. The van der Waals surface area contributed by atoms with Crippen molar-refractivity contribution < 1.29 is 14.3 Å². The van der Waals surface area contributed by atoms with E-state index in [-0.39, 0.29) is 18.0 Å². The maximum absolute atomic E-state index is 11.7. The number of hydrogen-bond acceptors (Lipinski definition) is 3. The summed E-state index contributed by atoms with van der Waals surface area (Å²) in [5.41, 5.74) is -0.500. The molecule has 0 aromatic rings. The maximum atomic E-state index is 11.7. The number of alkyl carbamates (subject to hydrolysis) is 1. The molecule has 0 radical (unpaired) electrons. The van der Waals surface area contributed by atoms with E-state index < -0.39 is 11.7 Å². The molecule has 2 N–H and O–H groups in total. The van der Waals surface area contributed by atoms with Gasteiger partial charge in [-0.3, -0.25) is 4.79 Å². The van der Waals surface area contributed by atoms with Gasteiger partial charge in [-0.1, -0.05) is 12.5 Å². The minimum atomic E-state index is -0.500. The van der Waals surface area contributed by atoms with Gasteiger partial charge in [-0.2, -0.15) is 0 Å². The van der Waals surface area contributed by atoms with Crippen LogP contribution in [0.25, 0.3) is 0 Å². The van der Waals surface area contributed by atoms with Crippen LogP contribution in [0.15, 0.2) is 12.7 Å². The summed E-state index contributed by atoms with van der Waals surface area (Å²) >= 11 is 0. The molecule has 2 amide bonds. The minimum Gasteiger partial charge on any atom is -0.444 e. The third kappa shape index (κ3) is 8.05. The molecule has 1 saturated heterocycles. The van der Waals surface area contributed by atoms with Crippen LogP contribution < -0.4 is 10.6 Å². The largest absolute Gasteiger partial charge is 0.444 e. The molecule has 0 spiro atoms. The molecule has 5 heteroatoms. The number of ether oxygens (including phenoxy) is 1. The summed E-state index contributed by atoms with van der Waals surface area (Å²) in [6, 6.07) is 0.165. The Kier molecular flexibility index (Phi) is 7.42. The maximum Gasteiger partial charge on any atom is 0.408 e. The van der Waals surface area contributed by atoms with Gasteiger partial charge in [-0.25, -0.2) is 4.79 Å². The van der Waals surface area contributed by atoms with E-state index in [0.29, 0.717) is 6.42 Å². The SMILES string of the molecule is C=CC(CCCC1CCCCC(=O)N1)NC(=O)OC(C)(C)C. The molecule has 1 fully saturated rings. The molecule has 1 heterocycles. The van der Waals surface area contributed by atoms with Crippen LogP contribution in [-0.2, 0) is 9.53 Å². The Morgan fingerprint density at radius 1 is 1.50 bits per heavy atom. The highest BCUT2D eigenvalue weighted by atomic mass is 16.6. The fourth-order valence-corrected chi connectivity index (χ4v) is 2.56. The van der Waals surface area contributed by atoms with Crippen LogP contribution >= 0.6 is 0 Å². The second kappa shape index (κ2) is 8.81. The molecule has 0 aromatic carbocycles. The van der Waals surface area contributed by atoms with Crippen molar-refractivity contribution in [2.75, 3.05) is 0 Å². The van der Waals surface area contributed by atoms with Gasteiger partial charge in [0.05, 0.1) is 6.04 Å². The zero-order valence-electron chi connectivity index (χ0n) is 14.1. The van der Waals surface area contributed by atoms with E-state index in [4.69, 9.17) is 4.74 Å². The van der Waals surface area contributed by atoms with Crippen molar-refractivity contribution in [2.24, 2.45) is 0 Å². The number of amides is 2. The number of nitrogens with one attached hydrogen (secondary N) is 2. The standard InChI is InChI=1S/C17H30N2O3/c1-5-13(19-16(21)22-17(2,3)4)10-8-11-14-9-6-7-12-15(20)18-14/h5,13-14H,1,6-12H2,2-4H3,(H,18,20)(H,19,21). The van der Waals surface area contributed by atoms with E-state index >= 15 is 0 Å². The van der Waals surface area contributed by atoms with Crippen LogP contribution in [0.2, 0.25) is 0 Å². The smallest absolute Gasteiger partial charge is 0.408 e. The highest BCUT2D eigenvalue weighted by Gasteiger charge is 2.19. The van der Waals surface area contributed by atoms with E-state index in [1.54, 1.807) is 6.08 Å². The van der Waals surface area contributed by atoms with Gasteiger partial charge < -0.3 is 15.4 Å². The molecule has 126 valence electrons. The van der Waals surface area contributed by atoms with Gasteiger partial charge in [0.15, 0.2) is 0 Å². The zero-order valence-corrected chi connectivity index (χ0v) is 14.1. The fraction of sp³-hybridized carbons (Fsp3) is 0.765. The van der Waals surface area contributed by atoms with Crippen molar-refractivity contribution in [3.63, 3.8) is 0 Å². The highest BCUT2D eigenvalue weighted by Crippen LogP contribution is 2.15. The molecule has 0 aliphatic carbocycles. The van der Waals surface area contributed by atoms with Gasteiger partial charge in [0.25, 0.3) is 0 Å². The van der Waals surface area contributed by atoms with Gasteiger partial charge in [-0.05, 0) is 52.9 Å². The van der Waals surface area contributed by atoms with E-state index in [1.165, 1.54) is 0 Å². The molecule has 0 saturated carbocycles. The van der Waals surface area contributed by atoms with Crippen molar-refractivity contribution >= 4 is 12.0 Å². The molecular formula is C17H30N2O3. The number of rotatable bonds is 6. The Labute approximate surface area is 133 Å². The average Bonchev–Trinajstić information content (AvgIpc) is 2.59. The Bertz CT molecular complexity index is 388. The molecule has 1 aliphatic rings. The first-order valence-electron chi connectivity index (χ1n) is 8.21. The lowest BCUT2D eigenvalue weighted by Gasteiger charge is -2.22. The lowest BCUT2D eigenvalue weighted by molar-refractivity contribution is -0.121. The fourth-order valence-electron chi connectivity index (χ4n) is 2.56. The monoisotopic (exact) mass is 310 g/mol. The third-order valence-electron chi connectivity index (χ3n) is 3.63. The summed E-state index contributed by atoms with van der Waals surface area (Å²) in [7, 11) is 0. The number of hydrogen-bond donors (Lipinski definition) is 2. The molecule has 22 heavy (non-hydrogen) atoms. The van der Waals surface area contributed by atoms with Gasteiger partial charge in [-0.15, -0.1) is 6.58 Å². The van der Waals surface area contributed by atoms with Crippen molar-refractivity contribution in [3.8, 4) is 0 Å². The molecule has 1 rings (SSSR count). The summed E-state index contributed by atoms with van der Waals surface area (Å²) in [5, 5.41) is 5.88. The molecule has 5 nitrogen and oxygen atoms in total. The molecular weight excluding hydrogens is 280 g/mol. The molecule has 2 unspecified atom stereocenters. The molecule has 2 atom stereocenters. The van der Waals surface area contributed by atoms with Crippen LogP contribution in [0.5, 0.6) is 0 Å².